The van der Waals surface area contributed by atoms with Gasteiger partial charge in [0, 0.05) is 17.1 Å². The predicted octanol–water partition coefficient (Wildman–Crippen LogP) is 5.46. The minimum Gasteiger partial charge on any atom is -0.494 e. The van der Waals surface area contributed by atoms with Crippen molar-refractivity contribution in [3.8, 4) is 22.4 Å². The third-order valence-corrected chi connectivity index (χ3v) is 6.02. The number of aryl methyl sites for hydroxylation is 2. The van der Waals surface area contributed by atoms with Crippen molar-refractivity contribution >= 4 is 45.5 Å². The van der Waals surface area contributed by atoms with E-state index in [0.29, 0.717) is 34.2 Å². The molecule has 0 aliphatic rings. The summed E-state index contributed by atoms with van der Waals surface area (Å²) in [5.74, 6) is 2.50. The van der Waals surface area contributed by atoms with Gasteiger partial charge in [0.1, 0.15) is 39.7 Å². The number of nitrogens with one attached hydrogen (secondary N) is 3. The van der Waals surface area contributed by atoms with Crippen LogP contribution < -0.4 is 15.4 Å². The molecule has 0 unspecified atom stereocenters. The number of para-hydroxylation sites is 1. The van der Waals surface area contributed by atoms with E-state index >= 15 is 0 Å². The van der Waals surface area contributed by atoms with E-state index < -0.39 is 0 Å². The number of methoxy groups -OCH3 is 1. The van der Waals surface area contributed by atoms with E-state index in [2.05, 4.69) is 35.6 Å². The molecular weight excluding hydrogens is 448 g/mol. The number of hydrogen-bond acceptors (Lipinski definition) is 9. The normalized spacial score (nSPS) is 10.8. The van der Waals surface area contributed by atoms with E-state index in [-0.39, 0.29) is 0 Å². The van der Waals surface area contributed by atoms with Crippen LogP contribution in [0.4, 0.5) is 23.0 Å². The molecule has 0 aliphatic heterocycles. The van der Waals surface area contributed by atoms with Gasteiger partial charge < -0.3 is 20.4 Å². The lowest BCUT2D eigenvalue weighted by atomic mass is 10.1. The van der Waals surface area contributed by atoms with Crippen LogP contribution in [0.5, 0.6) is 5.75 Å². The maximum absolute atomic E-state index is 9.14. The first-order valence-electron chi connectivity index (χ1n) is 10.4. The summed E-state index contributed by atoms with van der Waals surface area (Å²) < 4.78 is 5.79. The molecule has 0 fully saturated rings. The molecule has 9 nitrogen and oxygen atoms in total. The Kier molecular flexibility index (Phi) is 5.53. The molecule has 168 valence electrons. The number of hydrogen-bond donors (Lipinski definition) is 3. The van der Waals surface area contributed by atoms with Crippen molar-refractivity contribution in [1.82, 2.24) is 24.9 Å². The van der Waals surface area contributed by atoms with Crippen molar-refractivity contribution < 1.29 is 4.74 Å². The number of aromatic nitrogens is 5. The Balaban J connectivity index is 1.57. The van der Waals surface area contributed by atoms with Crippen molar-refractivity contribution in [2.24, 2.45) is 0 Å². The van der Waals surface area contributed by atoms with E-state index in [9.17, 15) is 0 Å². The summed E-state index contributed by atoms with van der Waals surface area (Å²) in [4.78, 5) is 21.3. The Bertz CT molecular complexity index is 1550. The highest BCUT2D eigenvalue weighted by atomic mass is 32.1. The van der Waals surface area contributed by atoms with Gasteiger partial charge in [-0.3, -0.25) is 0 Å². The number of fused-ring (bicyclic) bond motifs is 1. The molecule has 0 aliphatic carbocycles. The lowest BCUT2D eigenvalue weighted by Crippen LogP contribution is -2.01. The molecule has 4 aromatic heterocycles. The lowest BCUT2D eigenvalue weighted by Gasteiger charge is -2.15. The van der Waals surface area contributed by atoms with Gasteiger partial charge in [-0.2, -0.15) is 5.26 Å². The van der Waals surface area contributed by atoms with Crippen molar-refractivity contribution in [2.45, 2.75) is 13.8 Å². The van der Waals surface area contributed by atoms with Crippen LogP contribution in [-0.4, -0.2) is 32.0 Å². The fraction of sp³-hybridized carbons (Fsp3) is 0.125. The standard InChI is InChI=1S/C24H20N8OS/c1-13-12-34-24(26-13)16-7-5-8-17(22(16)33-3)30-18-10-20(32-23-21(18)27-14(2)28-23)31-19-9-4-6-15(11-25)29-19/h4-10,12H,1-3H3,(H3,27,28,29,30,31,32). The lowest BCUT2D eigenvalue weighted by molar-refractivity contribution is 0.418. The van der Waals surface area contributed by atoms with E-state index in [1.54, 1.807) is 36.6 Å². The molecule has 3 N–H and O–H groups in total. The van der Waals surface area contributed by atoms with Gasteiger partial charge in [0.25, 0.3) is 0 Å². The summed E-state index contributed by atoms with van der Waals surface area (Å²) in [6.07, 6.45) is 0. The van der Waals surface area contributed by atoms with Crippen molar-refractivity contribution in [3.63, 3.8) is 0 Å². The number of nitriles is 1. The van der Waals surface area contributed by atoms with Gasteiger partial charge in [-0.15, -0.1) is 11.3 Å². The highest BCUT2D eigenvalue weighted by Gasteiger charge is 2.17. The highest BCUT2D eigenvalue weighted by Crippen LogP contribution is 2.40. The first-order chi connectivity index (χ1) is 16.5. The first kappa shape index (κ1) is 21.4. The van der Waals surface area contributed by atoms with Crippen LogP contribution >= 0.6 is 11.3 Å². The third-order valence-electron chi connectivity index (χ3n) is 5.03. The van der Waals surface area contributed by atoms with Gasteiger partial charge in [0.05, 0.1) is 24.0 Å². The molecule has 0 amide bonds. The van der Waals surface area contributed by atoms with Gasteiger partial charge >= 0.3 is 0 Å². The number of H-pyrrole nitrogens is 1. The van der Waals surface area contributed by atoms with Crippen LogP contribution in [0.25, 0.3) is 21.7 Å². The average Bonchev–Trinajstić information content (AvgIpc) is 3.44. The Morgan fingerprint density at radius 2 is 1.82 bits per heavy atom. The van der Waals surface area contributed by atoms with Gasteiger partial charge in [-0.1, -0.05) is 12.1 Å². The molecule has 0 spiro atoms. The molecule has 5 aromatic rings. The molecule has 10 heteroatoms. The number of aromatic amines is 1. The number of imidazole rings is 1. The second-order valence-corrected chi connectivity index (χ2v) is 8.38. The number of rotatable bonds is 6. The highest BCUT2D eigenvalue weighted by molar-refractivity contribution is 7.13. The molecular formula is C24H20N8OS. The SMILES string of the molecule is COc1c(Nc2cc(Nc3cccc(C#N)n3)nc3[nH]c(C)nc23)cccc1-c1nc(C)cs1. The van der Waals surface area contributed by atoms with Gasteiger partial charge in [-0.25, -0.2) is 19.9 Å². The Morgan fingerprint density at radius 3 is 2.59 bits per heavy atom. The summed E-state index contributed by atoms with van der Waals surface area (Å²) in [5, 5.41) is 18.7. The van der Waals surface area contributed by atoms with E-state index in [0.717, 1.165) is 33.5 Å². The van der Waals surface area contributed by atoms with Crippen molar-refractivity contribution in [2.75, 3.05) is 17.7 Å². The monoisotopic (exact) mass is 468 g/mol. The fourth-order valence-corrected chi connectivity index (χ4v) is 4.43. The third kappa shape index (κ3) is 4.12. The van der Waals surface area contributed by atoms with Crippen LogP contribution in [0.3, 0.4) is 0 Å². The van der Waals surface area contributed by atoms with Gasteiger partial charge in [-0.05, 0) is 38.1 Å². The molecule has 34 heavy (non-hydrogen) atoms. The number of anilines is 4. The minimum atomic E-state index is 0.320. The molecule has 0 radical (unpaired) electrons. The van der Waals surface area contributed by atoms with Crippen LogP contribution in [-0.2, 0) is 0 Å². The Labute approximate surface area is 199 Å². The quantitative estimate of drug-likeness (QED) is 0.300. The summed E-state index contributed by atoms with van der Waals surface area (Å²) in [5.41, 5.74) is 5.01. The molecule has 0 saturated carbocycles. The van der Waals surface area contributed by atoms with E-state index in [1.807, 2.05) is 49.6 Å². The maximum atomic E-state index is 9.14. The van der Waals surface area contributed by atoms with E-state index in [4.69, 9.17) is 10.00 Å². The molecule has 0 bridgehead atoms. The van der Waals surface area contributed by atoms with Crippen LogP contribution in [0.2, 0.25) is 0 Å². The van der Waals surface area contributed by atoms with Crippen molar-refractivity contribution in [3.05, 3.63) is 65.1 Å². The largest absolute Gasteiger partial charge is 0.494 e. The van der Waals surface area contributed by atoms with Gasteiger partial charge in [0.15, 0.2) is 11.4 Å². The molecule has 5 rings (SSSR count). The van der Waals surface area contributed by atoms with Crippen LogP contribution in [0.1, 0.15) is 17.2 Å². The average molecular weight is 469 g/mol. The number of ether oxygens (including phenoxy) is 1. The number of thiazole rings is 1. The Hall–Kier alpha value is -4.49. The second kappa shape index (κ2) is 8.80. The molecule has 0 atom stereocenters. The zero-order chi connectivity index (χ0) is 23.7. The van der Waals surface area contributed by atoms with Crippen molar-refractivity contribution in [1.29, 1.82) is 5.26 Å². The van der Waals surface area contributed by atoms with Crippen LogP contribution in [0.15, 0.2) is 47.8 Å². The number of pyridine rings is 2. The van der Waals surface area contributed by atoms with Crippen LogP contribution in [0, 0.1) is 25.2 Å². The summed E-state index contributed by atoms with van der Waals surface area (Å²) in [6, 6.07) is 15.0. The molecule has 4 heterocycles. The minimum absolute atomic E-state index is 0.320. The molecule has 0 saturated heterocycles. The Morgan fingerprint density at radius 1 is 0.971 bits per heavy atom. The zero-order valence-corrected chi connectivity index (χ0v) is 19.5. The number of nitrogens with zero attached hydrogens (tertiary/aromatic N) is 5. The van der Waals surface area contributed by atoms with Gasteiger partial charge in [0.2, 0.25) is 0 Å². The summed E-state index contributed by atoms with van der Waals surface area (Å²) in [7, 11) is 1.64. The predicted molar refractivity (Wildman–Crippen MR) is 133 cm³/mol. The first-order valence-corrected chi connectivity index (χ1v) is 11.3. The zero-order valence-electron chi connectivity index (χ0n) is 18.7. The second-order valence-electron chi connectivity index (χ2n) is 7.52. The maximum Gasteiger partial charge on any atom is 0.161 e. The summed E-state index contributed by atoms with van der Waals surface area (Å²) in [6.45, 7) is 3.85. The smallest absolute Gasteiger partial charge is 0.161 e. The molecule has 1 aromatic carbocycles. The topological polar surface area (TPSA) is 124 Å². The summed E-state index contributed by atoms with van der Waals surface area (Å²) >= 11 is 1.57. The fourth-order valence-electron chi connectivity index (χ4n) is 3.61. The number of benzene rings is 1. The van der Waals surface area contributed by atoms with E-state index in [1.165, 1.54) is 0 Å².